The molecule has 0 saturated heterocycles. The highest BCUT2D eigenvalue weighted by molar-refractivity contribution is 9.10. The summed E-state index contributed by atoms with van der Waals surface area (Å²) in [5, 5.41) is 4.26. The summed E-state index contributed by atoms with van der Waals surface area (Å²) in [7, 11) is 0. The highest BCUT2D eigenvalue weighted by Gasteiger charge is 2.19. The third-order valence-corrected chi connectivity index (χ3v) is 3.73. The maximum atomic E-state index is 12.6. The molecule has 20 heavy (non-hydrogen) atoms. The Morgan fingerprint density at radius 2 is 1.85 bits per heavy atom. The number of aryl methyl sites for hydroxylation is 2. The van der Waals surface area contributed by atoms with Crippen LogP contribution in [0.3, 0.4) is 0 Å². The molecule has 0 saturated carbocycles. The molecular weight excluding hydrogens is 316 g/mol. The number of Topliss-reactive ketones (excluding diaryl/α,β-unsaturated/α-hetero) is 1. The van der Waals surface area contributed by atoms with Crippen molar-refractivity contribution < 1.29 is 4.79 Å². The van der Waals surface area contributed by atoms with E-state index in [9.17, 15) is 4.79 Å². The minimum Gasteiger partial charge on any atom is -0.292 e. The minimum absolute atomic E-state index is 0.0908. The third-order valence-electron chi connectivity index (χ3n) is 3.15. The predicted octanol–water partition coefficient (Wildman–Crippen LogP) is 4.27. The molecule has 0 atom stereocenters. The molecule has 0 unspecified atom stereocenters. The smallest absolute Gasteiger partial charge is 0.186 e. The van der Waals surface area contributed by atoms with Gasteiger partial charge in [0.05, 0.1) is 10.7 Å². The molecule has 4 heteroatoms. The largest absolute Gasteiger partial charge is 0.292 e. The Bertz CT molecular complexity index is 624. The third kappa shape index (κ3) is 3.18. The van der Waals surface area contributed by atoms with Gasteiger partial charge in [-0.05, 0) is 49.2 Å². The van der Waals surface area contributed by atoms with E-state index in [1.165, 1.54) is 11.1 Å². The molecule has 0 amide bonds. The van der Waals surface area contributed by atoms with Crippen molar-refractivity contribution in [3.63, 3.8) is 0 Å². The lowest BCUT2D eigenvalue weighted by atomic mass is 10.0. The topological polar surface area (TPSA) is 34.9 Å². The van der Waals surface area contributed by atoms with E-state index in [1.807, 2.05) is 13.8 Å². The van der Waals surface area contributed by atoms with Crippen LogP contribution in [-0.2, 0) is 6.42 Å². The Kier molecular flexibility index (Phi) is 4.43. The molecule has 3 nitrogen and oxygen atoms in total. The monoisotopic (exact) mass is 334 g/mol. The van der Waals surface area contributed by atoms with Crippen molar-refractivity contribution in [2.75, 3.05) is 0 Å². The SMILES string of the molecule is Cc1cc(C)cc(CC(=O)c2c(Br)cnn2C(C)C)c1. The number of aromatic nitrogens is 2. The lowest BCUT2D eigenvalue weighted by Gasteiger charge is -2.11. The van der Waals surface area contributed by atoms with Crippen LogP contribution in [-0.4, -0.2) is 15.6 Å². The number of benzene rings is 1. The fraction of sp³-hybridized carbons (Fsp3) is 0.375. The predicted molar refractivity (Wildman–Crippen MR) is 84.3 cm³/mol. The van der Waals surface area contributed by atoms with Gasteiger partial charge in [-0.1, -0.05) is 29.3 Å². The Balaban J connectivity index is 2.31. The summed E-state index contributed by atoms with van der Waals surface area (Å²) < 4.78 is 2.54. The Labute approximate surface area is 128 Å². The average Bonchev–Trinajstić information content (AvgIpc) is 2.69. The summed E-state index contributed by atoms with van der Waals surface area (Å²) in [4.78, 5) is 12.6. The maximum Gasteiger partial charge on any atom is 0.186 e. The number of carbonyl (C=O) groups excluding carboxylic acids is 1. The Hall–Kier alpha value is -1.42. The fourth-order valence-electron chi connectivity index (χ4n) is 2.43. The molecule has 0 bridgehead atoms. The average molecular weight is 335 g/mol. The van der Waals surface area contributed by atoms with Crippen LogP contribution in [0.1, 0.15) is 47.1 Å². The summed E-state index contributed by atoms with van der Waals surface area (Å²) in [6, 6.07) is 6.41. The number of nitrogens with zero attached hydrogens (tertiary/aromatic N) is 2. The molecule has 1 heterocycles. The van der Waals surface area contributed by atoms with Crippen LogP contribution in [0.15, 0.2) is 28.9 Å². The molecular formula is C16H19BrN2O. The van der Waals surface area contributed by atoms with Crippen LogP contribution in [0.5, 0.6) is 0 Å². The van der Waals surface area contributed by atoms with Crippen molar-refractivity contribution >= 4 is 21.7 Å². The number of hydrogen-bond donors (Lipinski definition) is 0. The number of halogens is 1. The molecule has 0 spiro atoms. The second kappa shape index (κ2) is 5.92. The molecule has 1 aromatic heterocycles. The van der Waals surface area contributed by atoms with E-state index in [0.717, 1.165) is 10.0 Å². The fourth-order valence-corrected chi connectivity index (χ4v) is 2.93. The van der Waals surface area contributed by atoms with Gasteiger partial charge in [-0.3, -0.25) is 9.48 Å². The molecule has 0 aliphatic rings. The van der Waals surface area contributed by atoms with E-state index in [1.54, 1.807) is 10.9 Å². The van der Waals surface area contributed by atoms with E-state index in [2.05, 4.69) is 53.1 Å². The molecule has 106 valence electrons. The van der Waals surface area contributed by atoms with Crippen LogP contribution in [0.2, 0.25) is 0 Å². The van der Waals surface area contributed by atoms with Gasteiger partial charge in [-0.15, -0.1) is 0 Å². The second-order valence-corrected chi connectivity index (χ2v) is 6.33. The van der Waals surface area contributed by atoms with Crippen LogP contribution < -0.4 is 0 Å². The van der Waals surface area contributed by atoms with Crippen molar-refractivity contribution in [1.29, 1.82) is 0 Å². The second-order valence-electron chi connectivity index (χ2n) is 5.48. The highest BCUT2D eigenvalue weighted by Crippen LogP contribution is 2.22. The molecule has 0 aliphatic carbocycles. The zero-order valence-electron chi connectivity index (χ0n) is 12.3. The summed E-state index contributed by atoms with van der Waals surface area (Å²) in [6.07, 6.45) is 2.09. The van der Waals surface area contributed by atoms with Crippen LogP contribution >= 0.6 is 15.9 Å². The zero-order valence-corrected chi connectivity index (χ0v) is 13.9. The van der Waals surface area contributed by atoms with Crippen LogP contribution in [0.4, 0.5) is 0 Å². The quantitative estimate of drug-likeness (QED) is 0.782. The molecule has 2 aromatic rings. The van der Waals surface area contributed by atoms with Gasteiger partial charge in [0.2, 0.25) is 0 Å². The minimum atomic E-state index is 0.0908. The lowest BCUT2D eigenvalue weighted by Crippen LogP contribution is -2.15. The normalized spacial score (nSPS) is 11.1. The molecule has 1 aromatic carbocycles. The maximum absolute atomic E-state index is 12.6. The summed E-state index contributed by atoms with van der Waals surface area (Å²) in [5.74, 6) is 0.0908. The Morgan fingerprint density at radius 1 is 1.25 bits per heavy atom. The zero-order chi connectivity index (χ0) is 14.9. The summed E-state index contributed by atoms with van der Waals surface area (Å²) in [5.41, 5.74) is 4.07. The van der Waals surface area contributed by atoms with Crippen molar-refractivity contribution in [2.45, 2.75) is 40.2 Å². The van der Waals surface area contributed by atoms with E-state index < -0.39 is 0 Å². The number of carbonyl (C=O) groups is 1. The first-order chi connectivity index (χ1) is 9.38. The molecule has 2 rings (SSSR count). The molecule has 0 N–H and O–H groups in total. The van der Waals surface area contributed by atoms with Gasteiger partial charge in [0.15, 0.2) is 5.78 Å². The van der Waals surface area contributed by atoms with E-state index in [4.69, 9.17) is 0 Å². The first kappa shape index (κ1) is 15.0. The van der Waals surface area contributed by atoms with Gasteiger partial charge < -0.3 is 0 Å². The number of rotatable bonds is 4. The summed E-state index contributed by atoms with van der Waals surface area (Å²) in [6.45, 7) is 8.14. The van der Waals surface area contributed by atoms with Gasteiger partial charge >= 0.3 is 0 Å². The van der Waals surface area contributed by atoms with E-state index in [-0.39, 0.29) is 11.8 Å². The van der Waals surface area contributed by atoms with Crippen molar-refractivity contribution in [2.24, 2.45) is 0 Å². The standard InChI is InChI=1S/C16H19BrN2O/c1-10(2)19-16(14(17)9-18-19)15(20)8-13-6-11(3)5-12(4)7-13/h5-7,9-10H,8H2,1-4H3. The van der Waals surface area contributed by atoms with Gasteiger partial charge in [0.1, 0.15) is 5.69 Å². The van der Waals surface area contributed by atoms with Gasteiger partial charge in [0.25, 0.3) is 0 Å². The van der Waals surface area contributed by atoms with Crippen LogP contribution in [0.25, 0.3) is 0 Å². The van der Waals surface area contributed by atoms with Crippen LogP contribution in [0, 0.1) is 13.8 Å². The molecule has 0 fully saturated rings. The van der Waals surface area contributed by atoms with Crippen molar-refractivity contribution in [3.05, 3.63) is 51.3 Å². The molecule has 0 aliphatic heterocycles. The van der Waals surface area contributed by atoms with Gasteiger partial charge in [-0.2, -0.15) is 5.10 Å². The van der Waals surface area contributed by atoms with E-state index >= 15 is 0 Å². The van der Waals surface area contributed by atoms with Gasteiger partial charge in [-0.25, -0.2) is 0 Å². The highest BCUT2D eigenvalue weighted by atomic mass is 79.9. The number of ketones is 1. The van der Waals surface area contributed by atoms with Gasteiger partial charge in [0, 0.05) is 12.5 Å². The van der Waals surface area contributed by atoms with Crippen molar-refractivity contribution in [1.82, 2.24) is 9.78 Å². The van der Waals surface area contributed by atoms with Crippen molar-refractivity contribution in [3.8, 4) is 0 Å². The molecule has 0 radical (unpaired) electrons. The summed E-state index contributed by atoms with van der Waals surface area (Å²) >= 11 is 3.42. The first-order valence-corrected chi connectivity index (χ1v) is 7.51. The van der Waals surface area contributed by atoms with E-state index in [0.29, 0.717) is 12.1 Å². The number of hydrogen-bond acceptors (Lipinski definition) is 2. The lowest BCUT2D eigenvalue weighted by molar-refractivity contribution is 0.0980. The first-order valence-electron chi connectivity index (χ1n) is 6.72. The Morgan fingerprint density at radius 3 is 2.40 bits per heavy atom.